The Labute approximate surface area is 177 Å². The second-order valence-corrected chi connectivity index (χ2v) is 7.78. The number of hydrogen-bond donors (Lipinski definition) is 1. The maximum Gasteiger partial charge on any atom is 0.305 e. The third-order valence-corrected chi connectivity index (χ3v) is 5.79. The van der Waals surface area contributed by atoms with E-state index in [1.165, 1.54) is 0 Å². The summed E-state index contributed by atoms with van der Waals surface area (Å²) in [6, 6.07) is 29.7. The first-order valence-corrected chi connectivity index (χ1v) is 10.4. The highest BCUT2D eigenvalue weighted by molar-refractivity contribution is 5.69. The number of ether oxygens (including phenoxy) is 1. The van der Waals surface area contributed by atoms with Crippen molar-refractivity contribution in [2.75, 3.05) is 13.2 Å². The lowest BCUT2D eigenvalue weighted by Gasteiger charge is -2.43. The summed E-state index contributed by atoms with van der Waals surface area (Å²) in [4.78, 5) is 14.5. The topological polar surface area (TPSA) is 49.8 Å². The van der Waals surface area contributed by atoms with E-state index in [0.717, 1.165) is 16.7 Å². The highest BCUT2D eigenvalue weighted by Gasteiger charge is 2.43. The molecule has 1 heterocycles. The van der Waals surface area contributed by atoms with Crippen molar-refractivity contribution in [2.45, 2.75) is 31.0 Å². The monoisotopic (exact) mass is 401 g/mol. The first-order chi connectivity index (χ1) is 14.7. The fraction of sp³-hybridized carbons (Fsp3) is 0.269. The van der Waals surface area contributed by atoms with Crippen molar-refractivity contribution in [3.8, 4) is 0 Å². The number of benzene rings is 3. The van der Waals surface area contributed by atoms with Gasteiger partial charge in [-0.2, -0.15) is 0 Å². The average molecular weight is 402 g/mol. The van der Waals surface area contributed by atoms with E-state index in [9.17, 15) is 9.90 Å². The Morgan fingerprint density at radius 3 is 2.17 bits per heavy atom. The summed E-state index contributed by atoms with van der Waals surface area (Å²) in [6.07, 6.45) is 0.467. The molecule has 4 nitrogen and oxygen atoms in total. The van der Waals surface area contributed by atoms with Crippen molar-refractivity contribution in [3.05, 3.63) is 108 Å². The van der Waals surface area contributed by atoms with Crippen LogP contribution in [0.3, 0.4) is 0 Å². The number of rotatable bonds is 4. The summed E-state index contributed by atoms with van der Waals surface area (Å²) in [5.74, 6) is -0.266. The molecule has 1 aliphatic rings. The number of aliphatic hydroxyl groups is 1. The zero-order valence-corrected chi connectivity index (χ0v) is 17.0. The first-order valence-electron chi connectivity index (χ1n) is 10.4. The molecule has 154 valence electrons. The van der Waals surface area contributed by atoms with Crippen molar-refractivity contribution < 1.29 is 14.6 Å². The van der Waals surface area contributed by atoms with E-state index in [0.29, 0.717) is 26.1 Å². The minimum atomic E-state index is -1.24. The van der Waals surface area contributed by atoms with Crippen LogP contribution in [0, 0.1) is 0 Å². The zero-order chi connectivity index (χ0) is 20.8. The van der Waals surface area contributed by atoms with Crippen LogP contribution in [0.2, 0.25) is 0 Å². The molecule has 0 saturated carbocycles. The molecule has 0 aliphatic carbocycles. The van der Waals surface area contributed by atoms with E-state index >= 15 is 0 Å². The molecule has 1 N–H and O–H groups in total. The molecule has 1 aliphatic heterocycles. The van der Waals surface area contributed by atoms with Gasteiger partial charge in [0.1, 0.15) is 12.2 Å². The molecule has 4 heteroatoms. The standard InChI is InChI=1S/C26H27NO3/c28-24-16-17-26(29,23-14-8-3-9-15-23)25(22-12-6-2-7-13-22)27(18-19-30-24)20-21-10-4-1-5-11-21/h1-15,25,29H,16-20H2/t25-,26+/m1/s1. The van der Waals surface area contributed by atoms with Gasteiger partial charge < -0.3 is 9.84 Å². The summed E-state index contributed by atoms with van der Waals surface area (Å²) in [5.41, 5.74) is 1.75. The van der Waals surface area contributed by atoms with E-state index in [1.807, 2.05) is 66.7 Å². The van der Waals surface area contributed by atoms with E-state index in [2.05, 4.69) is 29.2 Å². The second-order valence-electron chi connectivity index (χ2n) is 7.78. The van der Waals surface area contributed by atoms with Gasteiger partial charge in [0.05, 0.1) is 6.04 Å². The van der Waals surface area contributed by atoms with Crippen molar-refractivity contribution in [1.29, 1.82) is 0 Å². The van der Waals surface area contributed by atoms with Gasteiger partial charge in [-0.15, -0.1) is 0 Å². The molecule has 0 amide bonds. The normalized spacial score (nSPS) is 23.1. The lowest BCUT2D eigenvalue weighted by atomic mass is 9.78. The number of carbonyl (C=O) groups excluding carboxylic acids is 1. The quantitative estimate of drug-likeness (QED) is 0.656. The number of esters is 1. The Morgan fingerprint density at radius 2 is 1.50 bits per heavy atom. The molecule has 0 aromatic heterocycles. The van der Waals surface area contributed by atoms with Gasteiger partial charge in [-0.1, -0.05) is 91.0 Å². The molecule has 1 saturated heterocycles. The molecule has 3 aromatic rings. The van der Waals surface area contributed by atoms with Crippen LogP contribution in [0.15, 0.2) is 91.0 Å². The Balaban J connectivity index is 1.84. The highest BCUT2D eigenvalue weighted by Crippen LogP contribution is 2.44. The summed E-state index contributed by atoms with van der Waals surface area (Å²) >= 11 is 0. The summed E-state index contributed by atoms with van der Waals surface area (Å²) in [5, 5.41) is 12.2. The SMILES string of the molecule is O=C1CC[C@](O)(c2ccccc2)[C@@H](c2ccccc2)N(Cc2ccccc2)CCO1. The molecular formula is C26H27NO3. The summed E-state index contributed by atoms with van der Waals surface area (Å²) < 4.78 is 5.45. The zero-order valence-electron chi connectivity index (χ0n) is 17.0. The molecular weight excluding hydrogens is 374 g/mol. The molecule has 1 fully saturated rings. The maximum absolute atomic E-state index is 12.3. The predicted molar refractivity (Wildman–Crippen MR) is 117 cm³/mol. The number of hydrogen-bond acceptors (Lipinski definition) is 4. The molecule has 0 bridgehead atoms. The van der Waals surface area contributed by atoms with Crippen molar-refractivity contribution >= 4 is 5.97 Å². The van der Waals surface area contributed by atoms with Gasteiger partial charge >= 0.3 is 5.97 Å². The molecule has 4 rings (SSSR count). The smallest absolute Gasteiger partial charge is 0.305 e. The van der Waals surface area contributed by atoms with E-state index in [1.54, 1.807) is 0 Å². The second kappa shape index (κ2) is 9.24. The van der Waals surface area contributed by atoms with Crippen molar-refractivity contribution in [1.82, 2.24) is 4.90 Å². The first kappa shape index (κ1) is 20.3. The van der Waals surface area contributed by atoms with Crippen molar-refractivity contribution in [2.24, 2.45) is 0 Å². The Hall–Kier alpha value is -2.95. The molecule has 3 aromatic carbocycles. The summed E-state index contributed by atoms with van der Waals surface area (Å²) in [6.45, 7) is 1.49. The third kappa shape index (κ3) is 4.45. The Morgan fingerprint density at radius 1 is 0.900 bits per heavy atom. The van der Waals surface area contributed by atoms with E-state index < -0.39 is 5.60 Å². The maximum atomic E-state index is 12.3. The predicted octanol–water partition coefficient (Wildman–Crippen LogP) is 4.45. The summed E-state index contributed by atoms with van der Waals surface area (Å²) in [7, 11) is 0. The Bertz CT molecular complexity index is 946. The molecule has 0 unspecified atom stereocenters. The third-order valence-electron chi connectivity index (χ3n) is 5.79. The van der Waals surface area contributed by atoms with Crippen LogP contribution in [0.25, 0.3) is 0 Å². The lowest BCUT2D eigenvalue weighted by Crippen LogP contribution is -2.45. The molecule has 2 atom stereocenters. The van der Waals surface area contributed by atoms with Gasteiger partial charge in [0.2, 0.25) is 0 Å². The van der Waals surface area contributed by atoms with Crippen LogP contribution in [0.1, 0.15) is 35.6 Å². The van der Waals surface area contributed by atoms with Crippen LogP contribution in [-0.2, 0) is 21.7 Å². The highest BCUT2D eigenvalue weighted by atomic mass is 16.5. The van der Waals surface area contributed by atoms with Crippen LogP contribution in [-0.4, -0.2) is 29.1 Å². The fourth-order valence-corrected chi connectivity index (χ4v) is 4.35. The van der Waals surface area contributed by atoms with Gasteiger partial charge in [-0.25, -0.2) is 0 Å². The fourth-order valence-electron chi connectivity index (χ4n) is 4.35. The van der Waals surface area contributed by atoms with Gasteiger partial charge in [0.25, 0.3) is 0 Å². The van der Waals surface area contributed by atoms with Crippen LogP contribution in [0.5, 0.6) is 0 Å². The van der Waals surface area contributed by atoms with Gasteiger partial charge in [-0.3, -0.25) is 9.69 Å². The molecule has 30 heavy (non-hydrogen) atoms. The van der Waals surface area contributed by atoms with E-state index in [4.69, 9.17) is 4.74 Å². The number of cyclic esters (lactones) is 1. The van der Waals surface area contributed by atoms with Crippen molar-refractivity contribution in [3.63, 3.8) is 0 Å². The number of nitrogens with zero attached hydrogens (tertiary/aromatic N) is 1. The van der Waals surface area contributed by atoms with Gasteiger partial charge in [-0.05, 0) is 23.1 Å². The lowest BCUT2D eigenvalue weighted by molar-refractivity contribution is -0.144. The van der Waals surface area contributed by atoms with Gasteiger partial charge in [0.15, 0.2) is 0 Å². The van der Waals surface area contributed by atoms with Crippen LogP contribution < -0.4 is 0 Å². The van der Waals surface area contributed by atoms with Crippen LogP contribution >= 0.6 is 0 Å². The minimum absolute atomic E-state index is 0.175. The van der Waals surface area contributed by atoms with Gasteiger partial charge in [0, 0.05) is 19.5 Å². The minimum Gasteiger partial charge on any atom is -0.464 e. The molecule has 0 spiro atoms. The van der Waals surface area contributed by atoms with Crippen LogP contribution in [0.4, 0.5) is 0 Å². The van der Waals surface area contributed by atoms with E-state index in [-0.39, 0.29) is 18.4 Å². The average Bonchev–Trinajstić information content (AvgIpc) is 2.85. The Kier molecular flexibility index (Phi) is 6.26. The largest absolute Gasteiger partial charge is 0.464 e. The molecule has 0 radical (unpaired) electrons. The number of carbonyl (C=O) groups is 1.